The number of hydrogen-bond donors (Lipinski definition) is 2. The lowest BCUT2D eigenvalue weighted by Gasteiger charge is -2.16. The minimum atomic E-state index is -0.296. The van der Waals surface area contributed by atoms with Crippen LogP contribution in [0, 0.1) is 0 Å². The molecule has 2 aliphatic rings. The number of aromatic amines is 1. The lowest BCUT2D eigenvalue weighted by Crippen LogP contribution is -2.25. The van der Waals surface area contributed by atoms with Crippen molar-refractivity contribution in [2.45, 2.75) is 43.5 Å². The van der Waals surface area contributed by atoms with Crippen LogP contribution in [0.25, 0.3) is 0 Å². The summed E-state index contributed by atoms with van der Waals surface area (Å²) in [6.07, 6.45) is 3.38. The first-order valence-corrected chi connectivity index (χ1v) is 10.7. The molecule has 1 aromatic heterocycles. The number of amides is 2. The Morgan fingerprint density at radius 1 is 1.28 bits per heavy atom. The molecule has 3 heterocycles. The molecule has 2 N–H and O–H groups in total. The van der Waals surface area contributed by atoms with E-state index in [1.54, 1.807) is 17.0 Å². The van der Waals surface area contributed by atoms with Gasteiger partial charge in [-0.25, -0.2) is 9.89 Å². The van der Waals surface area contributed by atoms with Gasteiger partial charge in [-0.2, -0.15) is 0 Å². The molecule has 0 radical (unpaired) electrons. The summed E-state index contributed by atoms with van der Waals surface area (Å²) in [6.45, 7) is 1.89. The van der Waals surface area contributed by atoms with Crippen molar-refractivity contribution in [1.82, 2.24) is 14.8 Å². The van der Waals surface area contributed by atoms with E-state index in [4.69, 9.17) is 4.74 Å². The van der Waals surface area contributed by atoms with Crippen molar-refractivity contribution < 1.29 is 14.3 Å². The normalized spacial score (nSPS) is 19.1. The highest BCUT2D eigenvalue weighted by molar-refractivity contribution is 7.99. The number of benzene rings is 1. The van der Waals surface area contributed by atoms with Crippen molar-refractivity contribution in [3.63, 3.8) is 0 Å². The third-order valence-corrected chi connectivity index (χ3v) is 5.98. The van der Waals surface area contributed by atoms with Crippen LogP contribution >= 0.6 is 11.8 Å². The molecule has 2 fully saturated rings. The molecule has 10 heteroatoms. The maximum Gasteiger partial charge on any atom is 0.344 e. The average molecular weight is 417 g/mol. The summed E-state index contributed by atoms with van der Waals surface area (Å²) in [6, 6.07) is 7.23. The zero-order chi connectivity index (χ0) is 20.2. The molecule has 2 saturated heterocycles. The third kappa shape index (κ3) is 4.70. The van der Waals surface area contributed by atoms with Crippen molar-refractivity contribution in [2.75, 3.05) is 29.1 Å². The molecule has 2 aliphatic heterocycles. The third-order valence-electron chi connectivity index (χ3n) is 5.00. The summed E-state index contributed by atoms with van der Waals surface area (Å²) in [5.74, 6) is 0.0627. The van der Waals surface area contributed by atoms with Crippen molar-refractivity contribution in [3.8, 4) is 0 Å². The van der Waals surface area contributed by atoms with Crippen LogP contribution in [0.2, 0.25) is 0 Å². The summed E-state index contributed by atoms with van der Waals surface area (Å²) in [5.41, 5.74) is 1.20. The van der Waals surface area contributed by atoms with E-state index in [0.717, 1.165) is 31.5 Å². The Morgan fingerprint density at radius 2 is 2.10 bits per heavy atom. The molecule has 0 unspecified atom stereocenters. The van der Waals surface area contributed by atoms with Crippen LogP contribution in [-0.4, -0.2) is 51.6 Å². The van der Waals surface area contributed by atoms with Gasteiger partial charge in [-0.1, -0.05) is 11.8 Å². The highest BCUT2D eigenvalue weighted by Gasteiger charge is 2.22. The first-order valence-electron chi connectivity index (χ1n) is 9.70. The largest absolute Gasteiger partial charge is 0.376 e. The highest BCUT2D eigenvalue weighted by atomic mass is 32.2. The quantitative estimate of drug-likeness (QED) is 0.663. The van der Waals surface area contributed by atoms with E-state index in [9.17, 15) is 14.4 Å². The summed E-state index contributed by atoms with van der Waals surface area (Å²) in [4.78, 5) is 37.8. The molecule has 0 bridgehead atoms. The standard InChI is InChI=1S/C19H23N5O4S/c25-16(20-13-5-7-14(8-6-13)23-9-1-4-17(23)26)12-29-19-22-21-18(27)24(19)11-15-3-2-10-28-15/h5-8,15H,1-4,9-12H2,(H,20,25)(H,21,27)/t15-/m0/s1. The first-order chi connectivity index (χ1) is 14.1. The number of hydrogen-bond acceptors (Lipinski definition) is 6. The van der Waals surface area contributed by atoms with Gasteiger partial charge in [0.25, 0.3) is 0 Å². The second kappa shape index (κ2) is 8.83. The maximum absolute atomic E-state index is 12.3. The first kappa shape index (κ1) is 19.7. The predicted octanol–water partition coefficient (Wildman–Crippen LogP) is 1.61. The van der Waals surface area contributed by atoms with Gasteiger partial charge in [-0.3, -0.25) is 14.2 Å². The lowest BCUT2D eigenvalue weighted by atomic mass is 10.2. The molecular formula is C19H23N5O4S. The molecular weight excluding hydrogens is 394 g/mol. The van der Waals surface area contributed by atoms with Crippen LogP contribution in [-0.2, 0) is 20.9 Å². The Bertz CT molecular complexity index is 933. The Hall–Kier alpha value is -2.59. The van der Waals surface area contributed by atoms with Gasteiger partial charge >= 0.3 is 5.69 Å². The van der Waals surface area contributed by atoms with Gasteiger partial charge in [0.2, 0.25) is 11.8 Å². The number of carbonyl (C=O) groups is 2. The van der Waals surface area contributed by atoms with Crippen molar-refractivity contribution in [1.29, 1.82) is 0 Å². The van der Waals surface area contributed by atoms with Crippen molar-refractivity contribution in [3.05, 3.63) is 34.7 Å². The van der Waals surface area contributed by atoms with Gasteiger partial charge in [0.1, 0.15) is 0 Å². The van der Waals surface area contributed by atoms with Crippen LogP contribution in [0.1, 0.15) is 25.7 Å². The van der Waals surface area contributed by atoms with Crippen LogP contribution in [0.15, 0.2) is 34.2 Å². The molecule has 0 spiro atoms. The molecule has 0 saturated carbocycles. The van der Waals surface area contributed by atoms with Gasteiger partial charge < -0.3 is 15.0 Å². The number of aromatic nitrogens is 3. The zero-order valence-corrected chi connectivity index (χ0v) is 16.7. The molecule has 1 atom stereocenters. The number of carbonyl (C=O) groups excluding carboxylic acids is 2. The Morgan fingerprint density at radius 3 is 2.79 bits per heavy atom. The fourth-order valence-corrected chi connectivity index (χ4v) is 4.30. The maximum atomic E-state index is 12.3. The average Bonchev–Trinajstić information content (AvgIpc) is 3.45. The van der Waals surface area contributed by atoms with E-state index < -0.39 is 0 Å². The Balaban J connectivity index is 1.31. The topological polar surface area (TPSA) is 109 Å². The minimum Gasteiger partial charge on any atom is -0.376 e. The molecule has 2 amide bonds. The van der Waals surface area contributed by atoms with E-state index >= 15 is 0 Å². The number of thioether (sulfide) groups is 1. The number of nitrogens with zero attached hydrogens (tertiary/aromatic N) is 3. The molecule has 154 valence electrons. The van der Waals surface area contributed by atoms with Crippen molar-refractivity contribution in [2.24, 2.45) is 0 Å². The highest BCUT2D eigenvalue weighted by Crippen LogP contribution is 2.23. The zero-order valence-electron chi connectivity index (χ0n) is 15.9. The van der Waals surface area contributed by atoms with E-state index in [0.29, 0.717) is 30.4 Å². The van der Waals surface area contributed by atoms with Crippen LogP contribution < -0.4 is 15.9 Å². The number of anilines is 2. The lowest BCUT2D eigenvalue weighted by molar-refractivity contribution is -0.117. The SMILES string of the molecule is O=C(CSc1n[nH]c(=O)n1C[C@@H]1CCCO1)Nc1ccc(N2CCCC2=O)cc1. The molecule has 2 aromatic rings. The summed E-state index contributed by atoms with van der Waals surface area (Å²) >= 11 is 1.20. The van der Waals surface area contributed by atoms with Crippen molar-refractivity contribution >= 4 is 35.0 Å². The van der Waals surface area contributed by atoms with Crippen LogP contribution in [0.3, 0.4) is 0 Å². The molecule has 9 nitrogen and oxygen atoms in total. The summed E-state index contributed by atoms with van der Waals surface area (Å²) in [7, 11) is 0. The second-order valence-electron chi connectivity index (χ2n) is 7.09. The summed E-state index contributed by atoms with van der Waals surface area (Å²) in [5, 5.41) is 9.76. The minimum absolute atomic E-state index is 0.0134. The van der Waals surface area contributed by atoms with Gasteiger partial charge in [-0.15, -0.1) is 5.10 Å². The van der Waals surface area contributed by atoms with Gasteiger partial charge in [0.05, 0.1) is 18.4 Å². The summed E-state index contributed by atoms with van der Waals surface area (Å²) < 4.78 is 7.10. The fourth-order valence-electron chi connectivity index (χ4n) is 3.54. The molecule has 29 heavy (non-hydrogen) atoms. The molecule has 4 rings (SSSR count). The van der Waals surface area contributed by atoms with Gasteiger partial charge in [-0.05, 0) is 43.5 Å². The molecule has 1 aromatic carbocycles. The predicted molar refractivity (Wildman–Crippen MR) is 109 cm³/mol. The second-order valence-corrected chi connectivity index (χ2v) is 8.03. The smallest absolute Gasteiger partial charge is 0.344 e. The van der Waals surface area contributed by atoms with Crippen LogP contribution in [0.5, 0.6) is 0 Å². The van der Waals surface area contributed by atoms with Gasteiger partial charge in [0.15, 0.2) is 5.16 Å². The number of rotatable bonds is 7. The monoisotopic (exact) mass is 417 g/mol. The van der Waals surface area contributed by atoms with E-state index in [2.05, 4.69) is 15.5 Å². The van der Waals surface area contributed by atoms with Crippen LogP contribution in [0.4, 0.5) is 11.4 Å². The van der Waals surface area contributed by atoms with E-state index in [-0.39, 0.29) is 29.4 Å². The fraction of sp³-hybridized carbons (Fsp3) is 0.474. The van der Waals surface area contributed by atoms with E-state index in [1.165, 1.54) is 16.3 Å². The van der Waals surface area contributed by atoms with Gasteiger partial charge in [0, 0.05) is 30.9 Å². The molecule has 0 aliphatic carbocycles. The Kier molecular flexibility index (Phi) is 6.00. The number of nitrogens with one attached hydrogen (secondary N) is 2. The number of ether oxygens (including phenoxy) is 1. The van der Waals surface area contributed by atoms with E-state index in [1.807, 2.05) is 12.1 Å². The number of H-pyrrole nitrogens is 1. The Labute approximate surface area is 171 Å².